The number of hydrogen-bond donors (Lipinski definition) is 0. The Bertz CT molecular complexity index is 363. The molecular weight excluding hydrogens is 206 g/mol. The molecule has 0 aromatic carbocycles. The predicted octanol–water partition coefficient (Wildman–Crippen LogP) is 2.31. The minimum absolute atomic E-state index is 0.363. The molecule has 1 aliphatic carbocycles. The fourth-order valence-corrected chi connectivity index (χ4v) is 2.85. The number of aromatic nitrogens is 1. The third-order valence-electron chi connectivity index (χ3n) is 2.07. The van der Waals surface area contributed by atoms with Gasteiger partial charge in [-0.05, 0) is 31.4 Å². The molecule has 0 radical (unpaired) electrons. The molecule has 1 aliphatic rings. The standard InChI is InChI=1S/C9H10ClNOS/c1-6-4-9(10)11-5-8(6)13(12)7-2-3-7/h4-5,7H,2-3H2,1H3. The molecule has 1 unspecified atom stereocenters. The number of halogens is 1. The quantitative estimate of drug-likeness (QED) is 0.709. The van der Waals surface area contributed by atoms with Gasteiger partial charge in [0.1, 0.15) is 5.15 Å². The van der Waals surface area contributed by atoms with Gasteiger partial charge in [-0.1, -0.05) is 11.6 Å². The summed E-state index contributed by atoms with van der Waals surface area (Å²) < 4.78 is 11.8. The molecule has 0 saturated heterocycles. The Labute approximate surface area is 84.8 Å². The van der Waals surface area contributed by atoms with E-state index in [0.29, 0.717) is 10.4 Å². The van der Waals surface area contributed by atoms with Gasteiger partial charge in [-0.2, -0.15) is 0 Å². The average molecular weight is 216 g/mol. The minimum atomic E-state index is -0.865. The molecular formula is C9H10ClNOS. The Morgan fingerprint density at radius 1 is 1.62 bits per heavy atom. The molecule has 0 amide bonds. The number of nitrogens with zero attached hydrogens (tertiary/aromatic N) is 1. The minimum Gasteiger partial charge on any atom is -0.254 e. The highest BCUT2D eigenvalue weighted by atomic mass is 35.5. The van der Waals surface area contributed by atoms with E-state index >= 15 is 0 Å². The van der Waals surface area contributed by atoms with E-state index in [9.17, 15) is 4.21 Å². The number of rotatable bonds is 2. The lowest BCUT2D eigenvalue weighted by Crippen LogP contribution is -2.00. The predicted molar refractivity (Wildman–Crippen MR) is 53.4 cm³/mol. The van der Waals surface area contributed by atoms with Crippen molar-refractivity contribution in [2.45, 2.75) is 29.9 Å². The number of pyridine rings is 1. The van der Waals surface area contributed by atoms with Crippen molar-refractivity contribution in [2.24, 2.45) is 0 Å². The van der Waals surface area contributed by atoms with Gasteiger partial charge in [-0.15, -0.1) is 0 Å². The van der Waals surface area contributed by atoms with Gasteiger partial charge in [0.05, 0.1) is 15.7 Å². The Morgan fingerprint density at radius 3 is 2.85 bits per heavy atom. The van der Waals surface area contributed by atoms with Crippen molar-refractivity contribution < 1.29 is 4.21 Å². The molecule has 1 heterocycles. The van der Waals surface area contributed by atoms with Crippen LogP contribution in [-0.4, -0.2) is 14.4 Å². The highest BCUT2D eigenvalue weighted by Crippen LogP contribution is 2.31. The van der Waals surface area contributed by atoms with E-state index in [4.69, 9.17) is 11.6 Å². The summed E-state index contributed by atoms with van der Waals surface area (Å²) in [5.74, 6) is 0. The third-order valence-corrected chi connectivity index (χ3v) is 4.22. The van der Waals surface area contributed by atoms with Crippen LogP contribution in [-0.2, 0) is 10.8 Å². The summed E-state index contributed by atoms with van der Waals surface area (Å²) in [4.78, 5) is 4.78. The second-order valence-electron chi connectivity index (χ2n) is 3.27. The Hall–Kier alpha value is -0.410. The zero-order valence-corrected chi connectivity index (χ0v) is 8.86. The average Bonchev–Trinajstić information content (AvgIpc) is 2.85. The van der Waals surface area contributed by atoms with Crippen molar-refractivity contribution in [3.8, 4) is 0 Å². The highest BCUT2D eigenvalue weighted by Gasteiger charge is 2.30. The lowest BCUT2D eigenvalue weighted by Gasteiger charge is -2.03. The van der Waals surface area contributed by atoms with Crippen LogP contribution >= 0.6 is 11.6 Å². The molecule has 0 spiro atoms. The molecule has 1 aromatic heterocycles. The van der Waals surface area contributed by atoms with Crippen LogP contribution in [0.2, 0.25) is 5.15 Å². The van der Waals surface area contributed by atoms with Crippen LogP contribution in [0, 0.1) is 6.92 Å². The number of hydrogen-bond acceptors (Lipinski definition) is 2. The van der Waals surface area contributed by atoms with Gasteiger partial charge >= 0.3 is 0 Å². The largest absolute Gasteiger partial charge is 0.254 e. The Morgan fingerprint density at radius 2 is 2.31 bits per heavy atom. The lowest BCUT2D eigenvalue weighted by atomic mass is 10.3. The van der Waals surface area contributed by atoms with E-state index in [-0.39, 0.29) is 0 Å². The van der Waals surface area contributed by atoms with Gasteiger partial charge in [-0.3, -0.25) is 4.21 Å². The molecule has 0 aliphatic heterocycles. The SMILES string of the molecule is Cc1cc(Cl)ncc1S(=O)C1CC1. The lowest BCUT2D eigenvalue weighted by molar-refractivity contribution is 0.681. The molecule has 70 valence electrons. The van der Waals surface area contributed by atoms with Crippen molar-refractivity contribution in [1.29, 1.82) is 0 Å². The molecule has 2 nitrogen and oxygen atoms in total. The molecule has 1 fully saturated rings. The maximum atomic E-state index is 11.8. The zero-order valence-electron chi connectivity index (χ0n) is 7.29. The maximum Gasteiger partial charge on any atom is 0.129 e. The highest BCUT2D eigenvalue weighted by molar-refractivity contribution is 7.86. The molecule has 1 aromatic rings. The van der Waals surface area contributed by atoms with Crippen LogP contribution in [0.4, 0.5) is 0 Å². The molecule has 2 rings (SSSR count). The second-order valence-corrected chi connectivity index (χ2v) is 5.36. The number of aryl methyl sites for hydroxylation is 1. The summed E-state index contributed by atoms with van der Waals surface area (Å²) in [6.07, 6.45) is 3.79. The van der Waals surface area contributed by atoms with Gasteiger partial charge in [0, 0.05) is 11.4 Å². The summed E-state index contributed by atoms with van der Waals surface area (Å²) in [5.41, 5.74) is 0.977. The summed E-state index contributed by atoms with van der Waals surface area (Å²) in [7, 11) is -0.865. The van der Waals surface area contributed by atoms with Gasteiger partial charge in [0.2, 0.25) is 0 Å². The van der Waals surface area contributed by atoms with Crippen LogP contribution in [0.25, 0.3) is 0 Å². The molecule has 1 saturated carbocycles. The van der Waals surface area contributed by atoms with E-state index in [1.165, 1.54) is 0 Å². The first-order valence-corrected chi connectivity index (χ1v) is 5.80. The Kier molecular flexibility index (Phi) is 2.39. The van der Waals surface area contributed by atoms with Crippen LogP contribution < -0.4 is 0 Å². The summed E-state index contributed by atoms with van der Waals surface area (Å²) >= 11 is 5.71. The van der Waals surface area contributed by atoms with Gasteiger partial charge in [-0.25, -0.2) is 4.98 Å². The molecule has 13 heavy (non-hydrogen) atoms. The van der Waals surface area contributed by atoms with Crippen molar-refractivity contribution in [3.63, 3.8) is 0 Å². The maximum absolute atomic E-state index is 11.8. The van der Waals surface area contributed by atoms with E-state index in [1.54, 1.807) is 12.3 Å². The monoisotopic (exact) mass is 215 g/mol. The van der Waals surface area contributed by atoms with Crippen LogP contribution in [0.1, 0.15) is 18.4 Å². The molecule has 0 bridgehead atoms. The second kappa shape index (κ2) is 3.39. The zero-order chi connectivity index (χ0) is 9.42. The molecule has 1 atom stereocenters. The molecule has 0 N–H and O–H groups in total. The first kappa shape index (κ1) is 9.16. The smallest absolute Gasteiger partial charge is 0.129 e. The van der Waals surface area contributed by atoms with E-state index < -0.39 is 10.8 Å². The van der Waals surface area contributed by atoms with Crippen molar-refractivity contribution in [3.05, 3.63) is 23.0 Å². The summed E-state index contributed by atoms with van der Waals surface area (Å²) in [6.45, 7) is 1.92. The van der Waals surface area contributed by atoms with E-state index in [2.05, 4.69) is 4.98 Å². The van der Waals surface area contributed by atoms with Crippen LogP contribution in [0.15, 0.2) is 17.2 Å². The van der Waals surface area contributed by atoms with Crippen molar-refractivity contribution in [2.75, 3.05) is 0 Å². The van der Waals surface area contributed by atoms with Crippen molar-refractivity contribution in [1.82, 2.24) is 4.98 Å². The summed E-state index contributed by atoms with van der Waals surface area (Å²) in [5, 5.41) is 0.829. The summed E-state index contributed by atoms with van der Waals surface area (Å²) in [6, 6.07) is 1.76. The first-order chi connectivity index (χ1) is 6.18. The van der Waals surface area contributed by atoms with Gasteiger partial charge in [0.25, 0.3) is 0 Å². The topological polar surface area (TPSA) is 30.0 Å². The van der Waals surface area contributed by atoms with Gasteiger partial charge < -0.3 is 0 Å². The first-order valence-electron chi connectivity index (χ1n) is 4.21. The van der Waals surface area contributed by atoms with Gasteiger partial charge in [0.15, 0.2) is 0 Å². The molecule has 4 heteroatoms. The fraction of sp³-hybridized carbons (Fsp3) is 0.444. The Balaban J connectivity index is 2.33. The fourth-order valence-electron chi connectivity index (χ4n) is 1.18. The van der Waals surface area contributed by atoms with Crippen LogP contribution in [0.3, 0.4) is 0 Å². The van der Waals surface area contributed by atoms with E-state index in [1.807, 2.05) is 6.92 Å². The normalized spacial score (nSPS) is 18.6. The van der Waals surface area contributed by atoms with E-state index in [0.717, 1.165) is 23.3 Å². The third kappa shape index (κ3) is 1.92. The van der Waals surface area contributed by atoms with Crippen LogP contribution in [0.5, 0.6) is 0 Å². The van der Waals surface area contributed by atoms with Crippen molar-refractivity contribution >= 4 is 22.4 Å².